The van der Waals surface area contributed by atoms with E-state index in [1.165, 1.54) is 25.2 Å². The van der Waals surface area contributed by atoms with Gasteiger partial charge in [-0.25, -0.2) is 9.78 Å². The summed E-state index contributed by atoms with van der Waals surface area (Å²) in [5.41, 5.74) is 27.8. The van der Waals surface area contributed by atoms with Crippen LogP contribution in [0.4, 0.5) is 0 Å². The Kier molecular flexibility index (Phi) is 23.1. The van der Waals surface area contributed by atoms with Crippen molar-refractivity contribution in [2.45, 2.75) is 171 Å². The number of aliphatic hydroxyl groups excluding tert-OH is 7. The third kappa shape index (κ3) is 16.1. The third-order valence-corrected chi connectivity index (χ3v) is 10.0. The van der Waals surface area contributed by atoms with Gasteiger partial charge >= 0.3 is 0 Å². The second-order valence-corrected chi connectivity index (χ2v) is 15.2. The number of methoxy groups -OCH3 is 1. The molecule has 18 nitrogen and oxygen atoms in total. The Morgan fingerprint density at radius 1 is 0.875 bits per heavy atom. The lowest BCUT2D eigenvalue weighted by Crippen LogP contribution is -2.65. The summed E-state index contributed by atoms with van der Waals surface area (Å²) in [4.78, 5) is 15.0. The largest absolute Gasteiger partial charge is 0.394 e. The first-order chi connectivity index (χ1) is 26.4. The first-order valence-corrected chi connectivity index (χ1v) is 19.4. The van der Waals surface area contributed by atoms with Crippen LogP contribution in [0.15, 0.2) is 39.9 Å². The van der Waals surface area contributed by atoms with Crippen molar-refractivity contribution in [1.29, 1.82) is 0 Å². The minimum absolute atomic E-state index is 0.00635. The molecule has 1 saturated heterocycles. The highest BCUT2D eigenvalue weighted by atomic mass is 17.2. The second-order valence-electron chi connectivity index (χ2n) is 15.2. The molecule has 0 aromatic carbocycles. The maximum Gasteiger partial charge on any atom is 0.187 e. The molecule has 2 rings (SSSR count). The van der Waals surface area contributed by atoms with E-state index in [2.05, 4.69) is 37.9 Å². The Morgan fingerprint density at radius 3 is 2.14 bits per heavy atom. The molecule has 0 amide bonds. The molecular formula is C38H71N5O13. The van der Waals surface area contributed by atoms with Gasteiger partial charge in [0.25, 0.3) is 0 Å². The van der Waals surface area contributed by atoms with Crippen LogP contribution < -0.4 is 22.9 Å². The molecule has 1 aliphatic heterocycles. The molecule has 2 aliphatic rings. The minimum Gasteiger partial charge on any atom is -0.394 e. The molecule has 0 radical (unpaired) electrons. The van der Waals surface area contributed by atoms with Crippen LogP contribution in [0.2, 0.25) is 0 Å². The lowest BCUT2D eigenvalue weighted by molar-refractivity contribution is -0.410. The number of hydrogen-bond acceptors (Lipinski definition) is 18. The van der Waals surface area contributed by atoms with Crippen LogP contribution in [0, 0.1) is 0 Å². The van der Waals surface area contributed by atoms with E-state index in [0.29, 0.717) is 0 Å². The van der Waals surface area contributed by atoms with Gasteiger partial charge in [0.15, 0.2) is 18.7 Å². The molecule has 56 heavy (non-hydrogen) atoms. The lowest BCUT2D eigenvalue weighted by Gasteiger charge is -2.46. The zero-order valence-electron chi connectivity index (χ0n) is 33.7. The summed E-state index contributed by atoms with van der Waals surface area (Å²) in [6.07, 6.45) is -6.15. The van der Waals surface area contributed by atoms with Gasteiger partial charge in [0.05, 0.1) is 31.5 Å². The highest BCUT2D eigenvalue weighted by Crippen LogP contribution is 2.30. The van der Waals surface area contributed by atoms with Gasteiger partial charge in [-0.2, -0.15) is 0 Å². The number of nitrogens with two attached hydrogens (primary N) is 4. The van der Waals surface area contributed by atoms with E-state index in [9.17, 15) is 35.7 Å². The summed E-state index contributed by atoms with van der Waals surface area (Å²) in [5, 5.41) is 74.5. The second kappa shape index (κ2) is 25.6. The normalized spacial score (nSPS) is 31.8. The predicted molar refractivity (Wildman–Crippen MR) is 209 cm³/mol. The summed E-state index contributed by atoms with van der Waals surface area (Å²) < 4.78 is 23.3. The van der Waals surface area contributed by atoms with E-state index >= 15 is 0 Å². The van der Waals surface area contributed by atoms with Gasteiger partial charge in [-0.15, -0.1) is 0 Å². The molecule has 15 N–H and O–H groups in total. The van der Waals surface area contributed by atoms with Crippen LogP contribution in [0.5, 0.6) is 0 Å². The fourth-order valence-corrected chi connectivity index (χ4v) is 6.35. The smallest absolute Gasteiger partial charge is 0.187 e. The van der Waals surface area contributed by atoms with E-state index in [4.69, 9.17) is 51.7 Å². The molecule has 0 spiro atoms. The van der Waals surface area contributed by atoms with Crippen molar-refractivity contribution >= 4 is 6.21 Å². The van der Waals surface area contributed by atoms with E-state index in [1.807, 2.05) is 13.0 Å². The Balaban J connectivity index is 2.14. The Morgan fingerprint density at radius 2 is 1.54 bits per heavy atom. The quantitative estimate of drug-likeness (QED) is 0.0175. The van der Waals surface area contributed by atoms with Crippen LogP contribution >= 0.6 is 0 Å². The predicted octanol–water partition coefficient (Wildman–Crippen LogP) is -1.46. The van der Waals surface area contributed by atoms with E-state index in [1.54, 1.807) is 6.21 Å². The van der Waals surface area contributed by atoms with Crippen LogP contribution in [0.3, 0.4) is 0 Å². The van der Waals surface area contributed by atoms with E-state index in [0.717, 1.165) is 31.3 Å². The van der Waals surface area contributed by atoms with Gasteiger partial charge < -0.3 is 77.6 Å². The number of aliphatic hydroxyl groups is 7. The number of rotatable bonds is 24. The van der Waals surface area contributed by atoms with Crippen molar-refractivity contribution in [1.82, 2.24) is 0 Å². The fraction of sp³-hybridized carbons (Fsp3) is 0.816. The van der Waals surface area contributed by atoms with Crippen LogP contribution in [-0.4, -0.2) is 167 Å². The minimum atomic E-state index is -2.00. The number of hydrogen-bond donors (Lipinski definition) is 11. The molecule has 0 aromatic rings. The molecule has 326 valence electrons. The number of ether oxygens (including phenoxy) is 4. The first-order valence-electron chi connectivity index (χ1n) is 19.4. The Labute approximate surface area is 331 Å². The third-order valence-electron chi connectivity index (χ3n) is 10.0. The average Bonchev–Trinajstić information content (AvgIpc) is 3.14. The molecule has 2 fully saturated rings. The summed E-state index contributed by atoms with van der Waals surface area (Å²) in [5.74, 6) is 0. The zero-order chi connectivity index (χ0) is 42.1. The van der Waals surface area contributed by atoms with Gasteiger partial charge in [0, 0.05) is 44.4 Å². The number of aliphatic imine (C=N–C) groups is 1. The Hall–Kier alpha value is -1.79. The first kappa shape index (κ1) is 50.4. The molecule has 16 atom stereocenters. The fourth-order valence-electron chi connectivity index (χ4n) is 6.35. The topological polar surface area (TPSA) is 313 Å². The molecule has 1 heterocycles. The van der Waals surface area contributed by atoms with Gasteiger partial charge in [0.2, 0.25) is 0 Å². The highest BCUT2D eigenvalue weighted by molar-refractivity contribution is 5.72. The monoisotopic (exact) mass is 806 g/mol. The molecular weight excluding hydrogens is 734 g/mol. The van der Waals surface area contributed by atoms with Crippen molar-refractivity contribution in [2.24, 2.45) is 27.9 Å². The number of allylic oxidation sites excluding steroid dienone is 6. The summed E-state index contributed by atoms with van der Waals surface area (Å²) >= 11 is 0. The standard InChI is InChI=1S/C38H71N5O13/c1-20(2)9-7-10-21(3)11-8-12-22(4)13-14-43-18-28-33(48)26(45)16-30(52-28)53-35-25(42)15-24(41)32(47)37(35)54-38(50)36(29(19-44)51-6)56-55-27(17-39)34(49)31(46)23(5)40/h9,11,13-14,23-38,44-50H,7-8,10,12,15-19,39-42H2,1-6H3/b21-11+,22-13+,43-14?. The summed E-state index contributed by atoms with van der Waals surface area (Å²) in [6, 6.07) is -2.62. The molecule has 1 saturated carbocycles. The van der Waals surface area contributed by atoms with Crippen molar-refractivity contribution in [3.05, 3.63) is 34.9 Å². The molecule has 16 unspecified atom stereocenters. The van der Waals surface area contributed by atoms with Crippen molar-refractivity contribution < 1.29 is 64.5 Å². The van der Waals surface area contributed by atoms with Crippen molar-refractivity contribution in [3.63, 3.8) is 0 Å². The van der Waals surface area contributed by atoms with Crippen LogP contribution in [-0.2, 0) is 28.7 Å². The Bertz CT molecular complexity index is 1230. The van der Waals surface area contributed by atoms with Gasteiger partial charge in [-0.3, -0.25) is 4.99 Å². The van der Waals surface area contributed by atoms with Gasteiger partial charge in [-0.05, 0) is 72.8 Å². The van der Waals surface area contributed by atoms with Gasteiger partial charge in [-0.1, -0.05) is 28.9 Å². The van der Waals surface area contributed by atoms with E-state index < -0.39 is 104 Å². The summed E-state index contributed by atoms with van der Waals surface area (Å²) in [6.45, 7) is 8.77. The van der Waals surface area contributed by atoms with Crippen LogP contribution in [0.1, 0.15) is 73.1 Å². The van der Waals surface area contributed by atoms with E-state index in [-0.39, 0.29) is 25.9 Å². The van der Waals surface area contributed by atoms with Crippen LogP contribution in [0.25, 0.3) is 0 Å². The molecule has 18 heteroatoms. The molecule has 0 bridgehead atoms. The maximum absolute atomic E-state index is 11.3. The summed E-state index contributed by atoms with van der Waals surface area (Å²) in [7, 11) is 1.22. The SMILES string of the molecule is COC(CO)C(OOC(CN)C(O)C(O)C(C)N)C(O)OC1C(O)C(N)CC(N)C1OC1CC(O)C(O)C(CN=C/C=C(\C)CC/C=C(\C)CCC=C(C)C)O1. The molecule has 0 aromatic heterocycles. The highest BCUT2D eigenvalue weighted by Gasteiger charge is 2.48. The molecule has 1 aliphatic carbocycles. The maximum atomic E-state index is 11.3. The zero-order valence-corrected chi connectivity index (χ0v) is 33.7. The average molecular weight is 806 g/mol. The van der Waals surface area contributed by atoms with Gasteiger partial charge in [0.1, 0.15) is 42.7 Å². The van der Waals surface area contributed by atoms with Crippen molar-refractivity contribution in [2.75, 3.05) is 26.8 Å². The van der Waals surface area contributed by atoms with Crippen molar-refractivity contribution in [3.8, 4) is 0 Å². The lowest BCUT2D eigenvalue weighted by atomic mass is 9.84. The number of nitrogens with zero attached hydrogens (tertiary/aromatic N) is 1.